The lowest BCUT2D eigenvalue weighted by Crippen LogP contribution is -2.44. The largest absolute Gasteiger partial charge is 0.320 e. The normalized spacial score (nSPS) is 14.5. The van der Waals surface area contributed by atoms with Gasteiger partial charge in [0.2, 0.25) is 10.0 Å². The Morgan fingerprint density at radius 2 is 1.88 bits per heavy atom. The molecule has 1 unspecified atom stereocenters. The Kier molecular flexibility index (Phi) is 7.94. The van der Waals surface area contributed by atoms with E-state index in [1.807, 2.05) is 39.9 Å². The van der Waals surface area contributed by atoms with Crippen molar-refractivity contribution in [3.05, 3.63) is 0 Å². The van der Waals surface area contributed by atoms with Crippen LogP contribution in [0.4, 0.5) is 0 Å². The molecule has 0 saturated carbocycles. The summed E-state index contributed by atoms with van der Waals surface area (Å²) in [6, 6.07) is 0.0228. The van der Waals surface area contributed by atoms with Crippen LogP contribution >= 0.6 is 0 Å². The van der Waals surface area contributed by atoms with Crippen LogP contribution in [0.1, 0.15) is 20.3 Å². The Hall–Kier alpha value is -0.170. The Bertz CT molecular complexity index is 291. The van der Waals surface area contributed by atoms with Crippen molar-refractivity contribution in [2.75, 3.05) is 46.5 Å². The van der Waals surface area contributed by atoms with Gasteiger partial charge in [-0.05, 0) is 41.0 Å². The highest BCUT2D eigenvalue weighted by molar-refractivity contribution is 7.89. The molecule has 0 amide bonds. The molecule has 1 N–H and O–H groups in total. The summed E-state index contributed by atoms with van der Waals surface area (Å²) in [5, 5.41) is 2.97. The third-order valence-electron chi connectivity index (χ3n) is 2.62. The van der Waals surface area contributed by atoms with Gasteiger partial charge >= 0.3 is 0 Å². The molecule has 0 saturated heterocycles. The van der Waals surface area contributed by atoms with Gasteiger partial charge in [0.1, 0.15) is 0 Å². The number of nitrogens with one attached hydrogen (secondary N) is 1. The zero-order valence-corrected chi connectivity index (χ0v) is 12.5. The number of hydrogen-bond donors (Lipinski definition) is 1. The number of nitrogens with zero attached hydrogens (tertiary/aromatic N) is 2. The lowest BCUT2D eigenvalue weighted by atomic mass is 10.3. The van der Waals surface area contributed by atoms with Gasteiger partial charge in [-0.1, -0.05) is 6.92 Å². The molecule has 0 aromatic rings. The van der Waals surface area contributed by atoms with Gasteiger partial charge in [-0.15, -0.1) is 0 Å². The summed E-state index contributed by atoms with van der Waals surface area (Å²) in [6.07, 6.45) is 0.657. The maximum atomic E-state index is 12.1. The van der Waals surface area contributed by atoms with Crippen LogP contribution in [-0.2, 0) is 10.0 Å². The van der Waals surface area contributed by atoms with Crippen LogP contribution in [0.3, 0.4) is 0 Å². The summed E-state index contributed by atoms with van der Waals surface area (Å²) in [5.74, 6) is 0.222. The zero-order valence-electron chi connectivity index (χ0n) is 11.7. The van der Waals surface area contributed by atoms with Gasteiger partial charge < -0.3 is 10.2 Å². The van der Waals surface area contributed by atoms with Gasteiger partial charge in [0.15, 0.2) is 0 Å². The van der Waals surface area contributed by atoms with E-state index in [0.717, 1.165) is 13.1 Å². The molecule has 0 radical (unpaired) electrons. The summed E-state index contributed by atoms with van der Waals surface area (Å²) in [6.45, 7) is 5.87. The fourth-order valence-corrected chi connectivity index (χ4v) is 3.70. The van der Waals surface area contributed by atoms with E-state index < -0.39 is 10.0 Å². The second kappa shape index (κ2) is 8.02. The number of sulfonamides is 1. The molecule has 17 heavy (non-hydrogen) atoms. The van der Waals surface area contributed by atoms with Crippen LogP contribution in [0.2, 0.25) is 0 Å². The summed E-state index contributed by atoms with van der Waals surface area (Å²) >= 11 is 0. The molecule has 0 aliphatic carbocycles. The predicted octanol–water partition coefficient (Wildman–Crippen LogP) is 0.198. The molecule has 0 heterocycles. The van der Waals surface area contributed by atoms with Crippen molar-refractivity contribution in [1.29, 1.82) is 0 Å². The minimum Gasteiger partial charge on any atom is -0.320 e. The van der Waals surface area contributed by atoms with Gasteiger partial charge in [0.25, 0.3) is 0 Å². The van der Waals surface area contributed by atoms with E-state index in [4.69, 9.17) is 0 Å². The molecule has 0 fully saturated rings. The van der Waals surface area contributed by atoms with Gasteiger partial charge in [0.05, 0.1) is 5.75 Å². The standard InChI is InChI=1S/C11H27N3O2S/c1-6-14(11(2)10-13(4)5)17(15,16)9-7-8-12-3/h11-12H,6-10H2,1-5H3. The third kappa shape index (κ3) is 6.35. The van der Waals surface area contributed by atoms with E-state index >= 15 is 0 Å². The number of hydrogen-bond acceptors (Lipinski definition) is 4. The smallest absolute Gasteiger partial charge is 0.214 e. The average molecular weight is 265 g/mol. The highest BCUT2D eigenvalue weighted by Crippen LogP contribution is 2.09. The van der Waals surface area contributed by atoms with Crippen LogP contribution < -0.4 is 5.32 Å². The van der Waals surface area contributed by atoms with Gasteiger partial charge in [-0.2, -0.15) is 4.31 Å². The van der Waals surface area contributed by atoms with Crippen molar-refractivity contribution in [3.63, 3.8) is 0 Å². The van der Waals surface area contributed by atoms with E-state index in [0.29, 0.717) is 13.0 Å². The summed E-state index contributed by atoms with van der Waals surface area (Å²) in [5.41, 5.74) is 0. The predicted molar refractivity (Wildman–Crippen MR) is 72.7 cm³/mol. The molecule has 0 aromatic heterocycles. The molecule has 1 atom stereocenters. The van der Waals surface area contributed by atoms with E-state index in [2.05, 4.69) is 5.32 Å². The van der Waals surface area contributed by atoms with E-state index in [1.165, 1.54) is 0 Å². The first kappa shape index (κ1) is 16.8. The molecule has 0 bridgehead atoms. The fourth-order valence-electron chi connectivity index (χ4n) is 1.95. The molecule has 6 heteroatoms. The average Bonchev–Trinajstić information content (AvgIpc) is 2.16. The minimum atomic E-state index is -3.12. The molecule has 5 nitrogen and oxygen atoms in total. The van der Waals surface area contributed by atoms with Crippen molar-refractivity contribution >= 4 is 10.0 Å². The first-order valence-electron chi connectivity index (χ1n) is 6.14. The summed E-state index contributed by atoms with van der Waals surface area (Å²) in [7, 11) is 2.62. The Morgan fingerprint density at radius 3 is 2.29 bits per heavy atom. The third-order valence-corrected chi connectivity index (χ3v) is 4.76. The Balaban J connectivity index is 4.51. The SMILES string of the molecule is CCN(C(C)CN(C)C)S(=O)(=O)CCCNC. The highest BCUT2D eigenvalue weighted by atomic mass is 32.2. The van der Waals surface area contributed by atoms with Crippen molar-refractivity contribution in [3.8, 4) is 0 Å². The topological polar surface area (TPSA) is 52.7 Å². The highest BCUT2D eigenvalue weighted by Gasteiger charge is 2.25. The quantitative estimate of drug-likeness (QED) is 0.605. The molecule has 0 aromatic carbocycles. The molecule has 104 valence electrons. The minimum absolute atomic E-state index is 0.0228. The monoisotopic (exact) mass is 265 g/mol. The lowest BCUT2D eigenvalue weighted by Gasteiger charge is -2.29. The van der Waals surface area contributed by atoms with Crippen molar-refractivity contribution in [1.82, 2.24) is 14.5 Å². The Morgan fingerprint density at radius 1 is 1.29 bits per heavy atom. The van der Waals surface area contributed by atoms with E-state index in [-0.39, 0.29) is 11.8 Å². The lowest BCUT2D eigenvalue weighted by molar-refractivity contribution is 0.271. The van der Waals surface area contributed by atoms with Crippen LogP contribution in [0.15, 0.2) is 0 Å². The summed E-state index contributed by atoms with van der Waals surface area (Å²) in [4.78, 5) is 2.01. The fraction of sp³-hybridized carbons (Fsp3) is 1.00. The second-order valence-corrected chi connectivity index (χ2v) is 6.63. The van der Waals surface area contributed by atoms with Crippen molar-refractivity contribution in [2.24, 2.45) is 0 Å². The van der Waals surface area contributed by atoms with Crippen LogP contribution in [0.5, 0.6) is 0 Å². The molecule has 0 rings (SSSR count). The summed E-state index contributed by atoms with van der Waals surface area (Å²) < 4.78 is 25.9. The number of likely N-dealkylation sites (N-methyl/N-ethyl adjacent to an activating group) is 2. The maximum Gasteiger partial charge on any atom is 0.214 e. The van der Waals surface area contributed by atoms with Gasteiger partial charge in [-0.25, -0.2) is 8.42 Å². The molecule has 0 aliphatic heterocycles. The Labute approximate surface area is 106 Å². The first-order valence-corrected chi connectivity index (χ1v) is 7.75. The van der Waals surface area contributed by atoms with Crippen LogP contribution in [-0.4, -0.2) is 70.2 Å². The van der Waals surface area contributed by atoms with Crippen molar-refractivity contribution in [2.45, 2.75) is 26.3 Å². The number of rotatable bonds is 9. The van der Waals surface area contributed by atoms with Crippen molar-refractivity contribution < 1.29 is 8.42 Å². The maximum absolute atomic E-state index is 12.1. The zero-order chi connectivity index (χ0) is 13.5. The molecule has 0 aliphatic rings. The van der Waals surface area contributed by atoms with Gasteiger partial charge in [0, 0.05) is 19.1 Å². The molecule has 0 spiro atoms. The second-order valence-electron chi connectivity index (χ2n) is 4.59. The molecular weight excluding hydrogens is 238 g/mol. The van der Waals surface area contributed by atoms with E-state index in [9.17, 15) is 8.42 Å². The molecular formula is C11H27N3O2S. The van der Waals surface area contributed by atoms with Crippen LogP contribution in [0.25, 0.3) is 0 Å². The first-order chi connectivity index (χ1) is 7.85. The van der Waals surface area contributed by atoms with E-state index in [1.54, 1.807) is 4.31 Å². The van der Waals surface area contributed by atoms with Crippen LogP contribution in [0, 0.1) is 0 Å². The van der Waals surface area contributed by atoms with Gasteiger partial charge in [-0.3, -0.25) is 0 Å².